The molecule has 0 bridgehead atoms. The lowest BCUT2D eigenvalue weighted by molar-refractivity contribution is -0.137. The summed E-state index contributed by atoms with van der Waals surface area (Å²) < 4.78 is 28.5. The number of nitrogens with one attached hydrogen (secondary N) is 1. The lowest BCUT2D eigenvalue weighted by Crippen LogP contribution is -2.44. The van der Waals surface area contributed by atoms with E-state index in [1.54, 1.807) is 14.2 Å². The van der Waals surface area contributed by atoms with E-state index < -0.39 is 0 Å². The van der Waals surface area contributed by atoms with Gasteiger partial charge in [0.05, 0.1) is 18.7 Å². The zero-order chi connectivity index (χ0) is 29.3. The second-order valence-electron chi connectivity index (χ2n) is 11.0. The first-order valence-corrected chi connectivity index (χ1v) is 14.9. The van der Waals surface area contributed by atoms with E-state index in [9.17, 15) is 4.79 Å². The van der Waals surface area contributed by atoms with Crippen LogP contribution in [0, 0.1) is 12.8 Å². The van der Waals surface area contributed by atoms with E-state index in [4.69, 9.17) is 23.7 Å². The summed E-state index contributed by atoms with van der Waals surface area (Å²) in [6.45, 7) is 5.29. The van der Waals surface area contributed by atoms with Gasteiger partial charge in [0.1, 0.15) is 37.2 Å². The highest BCUT2D eigenvalue weighted by atomic mass is 16.5. The van der Waals surface area contributed by atoms with Crippen LogP contribution in [-0.2, 0) is 14.3 Å². The minimum Gasteiger partial charge on any atom is -0.490 e. The van der Waals surface area contributed by atoms with Gasteiger partial charge in [-0.1, -0.05) is 12.8 Å². The summed E-state index contributed by atoms with van der Waals surface area (Å²) in [5.41, 5.74) is 2.65. The van der Waals surface area contributed by atoms with Crippen LogP contribution in [0.2, 0.25) is 0 Å². The number of likely N-dealkylation sites (tertiary alicyclic amines) is 1. The molecule has 1 saturated carbocycles. The fourth-order valence-electron chi connectivity index (χ4n) is 5.66. The van der Waals surface area contributed by atoms with Crippen LogP contribution in [0.3, 0.4) is 0 Å². The highest BCUT2D eigenvalue weighted by molar-refractivity contribution is 5.93. The van der Waals surface area contributed by atoms with E-state index in [1.807, 2.05) is 36.1 Å². The van der Waals surface area contributed by atoms with Crippen LogP contribution in [0.25, 0.3) is 10.9 Å². The monoisotopic (exact) mass is 578 g/mol. The quantitative estimate of drug-likeness (QED) is 0.271. The van der Waals surface area contributed by atoms with Gasteiger partial charge in [0.15, 0.2) is 11.5 Å². The number of rotatable bonds is 13. The Morgan fingerprint density at radius 3 is 2.24 bits per heavy atom. The molecular weight excluding hydrogens is 536 g/mol. The zero-order valence-corrected chi connectivity index (χ0v) is 24.9. The molecule has 10 heteroatoms. The van der Waals surface area contributed by atoms with Crippen LogP contribution in [0.4, 0.5) is 11.5 Å². The van der Waals surface area contributed by atoms with Crippen molar-refractivity contribution >= 4 is 28.3 Å². The molecule has 226 valence electrons. The molecule has 1 aliphatic heterocycles. The van der Waals surface area contributed by atoms with E-state index >= 15 is 0 Å². The molecule has 2 aromatic carbocycles. The number of amides is 1. The number of piperidine rings is 1. The largest absolute Gasteiger partial charge is 0.490 e. The Balaban J connectivity index is 1.25. The molecule has 0 radical (unpaired) electrons. The van der Waals surface area contributed by atoms with Crippen molar-refractivity contribution < 1.29 is 28.5 Å². The van der Waals surface area contributed by atoms with Crippen molar-refractivity contribution in [3.05, 3.63) is 42.2 Å². The molecule has 0 unspecified atom stereocenters. The summed E-state index contributed by atoms with van der Waals surface area (Å²) in [5.74, 6) is 3.28. The molecule has 3 aromatic rings. The van der Waals surface area contributed by atoms with Gasteiger partial charge in [0.25, 0.3) is 0 Å². The number of benzene rings is 2. The average Bonchev–Trinajstić information content (AvgIpc) is 3.54. The molecule has 1 saturated heterocycles. The van der Waals surface area contributed by atoms with Gasteiger partial charge in [-0.25, -0.2) is 9.97 Å². The maximum atomic E-state index is 12.8. The number of aromatic nitrogens is 2. The summed E-state index contributed by atoms with van der Waals surface area (Å²) in [6.07, 6.45) is 7.82. The number of nitrogens with zero attached hydrogens (tertiary/aromatic N) is 3. The molecule has 1 aliphatic carbocycles. The SMILES string of the molecule is COCCOc1cc2ncnc(Nc3ccc(OC4CCN(C(=O)C5CCCC5)CC4)c(C)c3)c2cc1OCCOC. The van der Waals surface area contributed by atoms with Crippen LogP contribution >= 0.6 is 0 Å². The normalized spacial score (nSPS) is 16.1. The van der Waals surface area contributed by atoms with Gasteiger partial charge in [0, 0.05) is 63.2 Å². The van der Waals surface area contributed by atoms with Crippen molar-refractivity contribution in [2.45, 2.75) is 51.6 Å². The minimum absolute atomic E-state index is 0.109. The van der Waals surface area contributed by atoms with Crippen molar-refractivity contribution in [3.63, 3.8) is 0 Å². The number of ether oxygens (including phenoxy) is 5. The molecule has 5 rings (SSSR count). The number of hydrogen-bond acceptors (Lipinski definition) is 9. The van der Waals surface area contributed by atoms with E-state index in [-0.39, 0.29) is 12.0 Å². The van der Waals surface area contributed by atoms with Crippen molar-refractivity contribution in [2.24, 2.45) is 5.92 Å². The van der Waals surface area contributed by atoms with Crippen LogP contribution in [0.5, 0.6) is 17.2 Å². The van der Waals surface area contributed by atoms with Crippen molar-refractivity contribution in [1.29, 1.82) is 0 Å². The van der Waals surface area contributed by atoms with E-state index in [0.717, 1.165) is 66.7 Å². The van der Waals surface area contributed by atoms with Gasteiger partial charge in [-0.2, -0.15) is 0 Å². The second-order valence-corrected chi connectivity index (χ2v) is 11.0. The molecule has 2 aliphatic rings. The van der Waals surface area contributed by atoms with Gasteiger partial charge in [-0.05, 0) is 49.6 Å². The maximum absolute atomic E-state index is 12.8. The fourth-order valence-corrected chi connectivity index (χ4v) is 5.66. The van der Waals surface area contributed by atoms with Gasteiger partial charge >= 0.3 is 0 Å². The number of carbonyl (C=O) groups is 1. The number of anilines is 2. The highest BCUT2D eigenvalue weighted by Gasteiger charge is 2.30. The van der Waals surface area contributed by atoms with Crippen LogP contribution < -0.4 is 19.5 Å². The third-order valence-electron chi connectivity index (χ3n) is 7.98. The Kier molecular flexibility index (Phi) is 10.3. The zero-order valence-electron chi connectivity index (χ0n) is 24.9. The van der Waals surface area contributed by atoms with Crippen molar-refractivity contribution in [1.82, 2.24) is 14.9 Å². The Hall–Kier alpha value is -3.63. The lowest BCUT2D eigenvalue weighted by Gasteiger charge is -2.34. The first-order chi connectivity index (χ1) is 20.6. The van der Waals surface area contributed by atoms with Crippen LogP contribution in [0.1, 0.15) is 44.1 Å². The first kappa shape index (κ1) is 29.8. The summed E-state index contributed by atoms with van der Waals surface area (Å²) in [6, 6.07) is 9.80. The molecule has 0 atom stereocenters. The van der Waals surface area contributed by atoms with Gasteiger partial charge in [0.2, 0.25) is 5.91 Å². The second kappa shape index (κ2) is 14.5. The first-order valence-electron chi connectivity index (χ1n) is 14.9. The summed E-state index contributed by atoms with van der Waals surface area (Å²) >= 11 is 0. The predicted molar refractivity (Wildman–Crippen MR) is 161 cm³/mol. The summed E-state index contributed by atoms with van der Waals surface area (Å²) in [5, 5.41) is 4.24. The van der Waals surface area contributed by atoms with E-state index in [1.165, 1.54) is 19.2 Å². The standard InChI is InChI=1S/C32H42N4O6/c1-22-18-24(8-9-28(22)42-25-10-12-36(13-11-25)32(37)23-6-4-5-7-23)35-31-26-19-29(40-16-14-38-2)30(41-17-15-39-3)20-27(26)33-21-34-31/h8-9,18-21,23,25H,4-7,10-17H2,1-3H3,(H,33,34,35). The van der Waals surface area contributed by atoms with Crippen molar-refractivity contribution in [3.8, 4) is 17.2 Å². The maximum Gasteiger partial charge on any atom is 0.225 e. The summed E-state index contributed by atoms with van der Waals surface area (Å²) in [7, 11) is 3.27. The summed E-state index contributed by atoms with van der Waals surface area (Å²) in [4.78, 5) is 23.8. The number of carbonyl (C=O) groups excluding carboxylic acids is 1. The fraction of sp³-hybridized carbons (Fsp3) is 0.531. The van der Waals surface area contributed by atoms with Crippen LogP contribution in [0.15, 0.2) is 36.7 Å². The Morgan fingerprint density at radius 2 is 1.57 bits per heavy atom. The number of fused-ring (bicyclic) bond motifs is 1. The van der Waals surface area contributed by atoms with E-state index in [0.29, 0.717) is 49.7 Å². The molecule has 10 nitrogen and oxygen atoms in total. The van der Waals surface area contributed by atoms with E-state index in [2.05, 4.69) is 21.4 Å². The topological polar surface area (TPSA) is 104 Å². The van der Waals surface area contributed by atoms with Gasteiger partial charge < -0.3 is 33.9 Å². The predicted octanol–water partition coefficient (Wildman–Crippen LogP) is 5.29. The molecule has 2 fully saturated rings. The van der Waals surface area contributed by atoms with Gasteiger partial charge in [-0.3, -0.25) is 4.79 Å². The molecule has 2 heterocycles. The molecule has 42 heavy (non-hydrogen) atoms. The molecule has 1 N–H and O–H groups in total. The molecule has 1 amide bonds. The van der Waals surface area contributed by atoms with Crippen molar-refractivity contribution in [2.75, 3.05) is 59.1 Å². The Labute approximate surface area is 247 Å². The third-order valence-corrected chi connectivity index (χ3v) is 7.98. The number of hydrogen-bond donors (Lipinski definition) is 1. The lowest BCUT2D eigenvalue weighted by atomic mass is 10.0. The Morgan fingerprint density at radius 1 is 0.881 bits per heavy atom. The number of methoxy groups -OCH3 is 2. The number of aryl methyl sites for hydroxylation is 1. The molecule has 1 aromatic heterocycles. The molecular formula is C32H42N4O6. The average molecular weight is 579 g/mol. The van der Waals surface area contributed by atoms with Crippen LogP contribution in [-0.4, -0.2) is 80.6 Å². The Bertz CT molecular complexity index is 1340. The highest BCUT2D eigenvalue weighted by Crippen LogP contribution is 2.36. The smallest absolute Gasteiger partial charge is 0.225 e. The molecule has 0 spiro atoms. The minimum atomic E-state index is 0.109. The third kappa shape index (κ3) is 7.41. The van der Waals surface area contributed by atoms with Gasteiger partial charge in [-0.15, -0.1) is 0 Å².